The molecule has 1 saturated heterocycles. The van der Waals surface area contributed by atoms with Crippen molar-refractivity contribution in [3.05, 3.63) is 42.0 Å². The highest BCUT2D eigenvalue weighted by Gasteiger charge is 2.42. The molecule has 2 aromatic carbocycles. The summed E-state index contributed by atoms with van der Waals surface area (Å²) in [6.45, 7) is 4.36. The average Bonchev–Trinajstić information content (AvgIpc) is 2.91. The van der Waals surface area contributed by atoms with Gasteiger partial charge < -0.3 is 15.3 Å². The molecule has 0 spiro atoms. The first-order chi connectivity index (χ1) is 10.9. The SMILES string of the molecule is Cc1cc(NC(=O)N2CCC(C)(C(=O)O)C2)c2ccccc2c1. The Hall–Kier alpha value is -2.56. The Kier molecular flexibility index (Phi) is 3.72. The van der Waals surface area contributed by atoms with Gasteiger partial charge in [-0.05, 0) is 37.3 Å². The number of carbonyl (C=O) groups excluding carboxylic acids is 1. The fourth-order valence-electron chi connectivity index (χ4n) is 3.07. The predicted octanol–water partition coefficient (Wildman–Crippen LogP) is 3.48. The summed E-state index contributed by atoms with van der Waals surface area (Å²) in [6.07, 6.45) is 0.477. The van der Waals surface area contributed by atoms with E-state index >= 15 is 0 Å². The molecule has 23 heavy (non-hydrogen) atoms. The van der Waals surface area contributed by atoms with E-state index in [1.165, 1.54) is 0 Å². The van der Waals surface area contributed by atoms with Gasteiger partial charge in [0.15, 0.2) is 0 Å². The number of urea groups is 1. The number of nitrogens with zero attached hydrogens (tertiary/aromatic N) is 1. The molecule has 0 radical (unpaired) electrons. The van der Waals surface area contributed by atoms with E-state index < -0.39 is 11.4 Å². The van der Waals surface area contributed by atoms with E-state index in [1.54, 1.807) is 11.8 Å². The third kappa shape index (κ3) is 2.86. The number of hydrogen-bond acceptors (Lipinski definition) is 2. The van der Waals surface area contributed by atoms with Crippen molar-refractivity contribution < 1.29 is 14.7 Å². The minimum Gasteiger partial charge on any atom is -0.481 e. The summed E-state index contributed by atoms with van der Waals surface area (Å²) in [5.74, 6) is -0.853. The van der Waals surface area contributed by atoms with Crippen molar-refractivity contribution in [1.29, 1.82) is 0 Å². The van der Waals surface area contributed by atoms with Gasteiger partial charge in [-0.1, -0.05) is 30.3 Å². The second-order valence-corrected chi connectivity index (χ2v) is 6.50. The number of anilines is 1. The minimum atomic E-state index is -0.855. The maximum Gasteiger partial charge on any atom is 0.321 e. The summed E-state index contributed by atoms with van der Waals surface area (Å²) in [5.41, 5.74) is 0.969. The Morgan fingerprint density at radius 2 is 2.00 bits per heavy atom. The number of nitrogens with one attached hydrogen (secondary N) is 1. The summed E-state index contributed by atoms with van der Waals surface area (Å²) >= 11 is 0. The van der Waals surface area contributed by atoms with E-state index in [0.29, 0.717) is 13.0 Å². The largest absolute Gasteiger partial charge is 0.481 e. The normalized spacial score (nSPS) is 20.7. The van der Waals surface area contributed by atoms with Gasteiger partial charge in [0.05, 0.1) is 11.1 Å². The standard InChI is InChI=1S/C18H20N2O3/c1-12-9-13-5-3-4-6-14(13)15(10-12)19-17(23)20-8-7-18(2,11-20)16(21)22/h3-6,9-10H,7-8,11H2,1-2H3,(H,19,23)(H,21,22). The number of carboxylic acids is 1. The minimum absolute atomic E-state index is 0.234. The van der Waals surface area contributed by atoms with Crippen molar-refractivity contribution in [2.45, 2.75) is 20.3 Å². The van der Waals surface area contributed by atoms with Gasteiger partial charge in [-0.2, -0.15) is 0 Å². The molecule has 2 aromatic rings. The number of likely N-dealkylation sites (tertiary alicyclic amines) is 1. The van der Waals surface area contributed by atoms with E-state index in [2.05, 4.69) is 11.4 Å². The maximum absolute atomic E-state index is 12.5. The zero-order valence-corrected chi connectivity index (χ0v) is 13.3. The van der Waals surface area contributed by atoms with Crippen LogP contribution in [0.1, 0.15) is 18.9 Å². The number of benzene rings is 2. The molecule has 0 bridgehead atoms. The van der Waals surface area contributed by atoms with Crippen molar-refractivity contribution in [2.24, 2.45) is 5.41 Å². The Morgan fingerprint density at radius 1 is 1.26 bits per heavy atom. The maximum atomic E-state index is 12.5. The Bertz CT molecular complexity index is 787. The van der Waals surface area contributed by atoms with Crippen molar-refractivity contribution in [2.75, 3.05) is 18.4 Å². The molecule has 0 aliphatic carbocycles. The summed E-state index contributed by atoms with van der Waals surface area (Å²) in [4.78, 5) is 25.4. The summed E-state index contributed by atoms with van der Waals surface area (Å²) in [5, 5.41) is 14.3. The topological polar surface area (TPSA) is 69.6 Å². The van der Waals surface area contributed by atoms with Gasteiger partial charge in [0.1, 0.15) is 0 Å². The van der Waals surface area contributed by atoms with Gasteiger partial charge >= 0.3 is 12.0 Å². The third-order valence-corrected chi connectivity index (χ3v) is 4.52. The van der Waals surface area contributed by atoms with E-state index in [-0.39, 0.29) is 12.6 Å². The molecule has 2 amide bonds. The summed E-state index contributed by atoms with van der Waals surface area (Å²) in [6, 6.07) is 11.6. The van der Waals surface area contributed by atoms with Crippen LogP contribution >= 0.6 is 0 Å². The van der Waals surface area contributed by atoms with E-state index in [9.17, 15) is 14.7 Å². The Labute approximate surface area is 134 Å². The number of fused-ring (bicyclic) bond motifs is 1. The number of carboxylic acid groups (broad SMARTS) is 1. The smallest absolute Gasteiger partial charge is 0.321 e. The van der Waals surface area contributed by atoms with Crippen LogP contribution in [0.3, 0.4) is 0 Å². The quantitative estimate of drug-likeness (QED) is 0.892. The first-order valence-corrected chi connectivity index (χ1v) is 7.68. The zero-order valence-electron chi connectivity index (χ0n) is 13.3. The second kappa shape index (κ2) is 5.57. The third-order valence-electron chi connectivity index (χ3n) is 4.52. The lowest BCUT2D eigenvalue weighted by Crippen LogP contribution is -2.37. The van der Waals surface area contributed by atoms with Crippen LogP contribution in [0.4, 0.5) is 10.5 Å². The van der Waals surface area contributed by atoms with E-state index in [4.69, 9.17) is 0 Å². The summed E-state index contributed by atoms with van der Waals surface area (Å²) in [7, 11) is 0. The molecule has 120 valence electrons. The van der Waals surface area contributed by atoms with Crippen LogP contribution in [0.15, 0.2) is 36.4 Å². The lowest BCUT2D eigenvalue weighted by molar-refractivity contribution is -0.146. The van der Waals surface area contributed by atoms with Crippen molar-refractivity contribution >= 4 is 28.5 Å². The Morgan fingerprint density at radius 3 is 2.70 bits per heavy atom. The van der Waals surface area contributed by atoms with Crippen LogP contribution in [-0.2, 0) is 4.79 Å². The first-order valence-electron chi connectivity index (χ1n) is 7.68. The van der Waals surface area contributed by atoms with E-state index in [0.717, 1.165) is 22.0 Å². The number of rotatable bonds is 2. The highest BCUT2D eigenvalue weighted by atomic mass is 16.4. The molecule has 5 nitrogen and oxygen atoms in total. The van der Waals surface area contributed by atoms with Crippen LogP contribution in [0.25, 0.3) is 10.8 Å². The molecule has 0 aromatic heterocycles. The fourth-order valence-corrected chi connectivity index (χ4v) is 3.07. The molecular formula is C18H20N2O3. The molecular weight excluding hydrogens is 292 g/mol. The molecule has 1 unspecified atom stereocenters. The molecule has 2 N–H and O–H groups in total. The zero-order chi connectivity index (χ0) is 16.6. The second-order valence-electron chi connectivity index (χ2n) is 6.50. The lowest BCUT2D eigenvalue weighted by atomic mass is 9.90. The molecule has 5 heteroatoms. The molecule has 3 rings (SSSR count). The number of carbonyl (C=O) groups is 2. The molecule has 0 saturated carbocycles. The number of hydrogen-bond donors (Lipinski definition) is 2. The average molecular weight is 312 g/mol. The molecule has 1 heterocycles. The van der Waals surface area contributed by atoms with Crippen LogP contribution in [0.5, 0.6) is 0 Å². The first kappa shape index (κ1) is 15.3. The Balaban J connectivity index is 1.83. The van der Waals surface area contributed by atoms with Gasteiger partial charge in [0.2, 0.25) is 0 Å². The highest BCUT2D eigenvalue weighted by molar-refractivity contribution is 6.02. The summed E-state index contributed by atoms with van der Waals surface area (Å²) < 4.78 is 0. The van der Waals surface area contributed by atoms with Gasteiger partial charge in [-0.3, -0.25) is 4.79 Å². The number of amides is 2. The fraction of sp³-hybridized carbons (Fsp3) is 0.333. The van der Waals surface area contributed by atoms with Crippen molar-refractivity contribution in [3.8, 4) is 0 Å². The van der Waals surface area contributed by atoms with Crippen molar-refractivity contribution in [3.63, 3.8) is 0 Å². The predicted molar refractivity (Wildman–Crippen MR) is 89.6 cm³/mol. The van der Waals surface area contributed by atoms with Gasteiger partial charge in [-0.25, -0.2) is 4.79 Å². The number of aliphatic carboxylic acids is 1. The van der Waals surface area contributed by atoms with Crippen LogP contribution in [0.2, 0.25) is 0 Å². The molecule has 1 atom stereocenters. The molecule has 1 fully saturated rings. The van der Waals surface area contributed by atoms with E-state index in [1.807, 2.05) is 37.3 Å². The van der Waals surface area contributed by atoms with Crippen LogP contribution in [0, 0.1) is 12.3 Å². The van der Waals surface area contributed by atoms with Gasteiger partial charge in [0, 0.05) is 18.5 Å². The number of aryl methyl sites for hydroxylation is 1. The van der Waals surface area contributed by atoms with Crippen LogP contribution < -0.4 is 5.32 Å². The highest BCUT2D eigenvalue weighted by Crippen LogP contribution is 2.31. The molecule has 1 aliphatic heterocycles. The molecule has 1 aliphatic rings. The van der Waals surface area contributed by atoms with Gasteiger partial charge in [-0.15, -0.1) is 0 Å². The monoisotopic (exact) mass is 312 g/mol. The lowest BCUT2D eigenvalue weighted by Gasteiger charge is -2.21. The van der Waals surface area contributed by atoms with Gasteiger partial charge in [0.25, 0.3) is 0 Å². The van der Waals surface area contributed by atoms with Crippen LogP contribution in [-0.4, -0.2) is 35.1 Å². The van der Waals surface area contributed by atoms with Crippen molar-refractivity contribution in [1.82, 2.24) is 4.90 Å².